The van der Waals surface area contributed by atoms with Crippen LogP contribution in [0.1, 0.15) is 0 Å². The van der Waals surface area contributed by atoms with Gasteiger partial charge in [-0.25, -0.2) is 0 Å². The number of rotatable bonds is 5. The fraction of sp³-hybridized carbons (Fsp3) is 0. The van der Waals surface area contributed by atoms with Crippen molar-refractivity contribution < 1.29 is 14.4 Å². The fourth-order valence-corrected chi connectivity index (χ4v) is 1.53. The number of anilines is 2. The number of nitrogens with two attached hydrogens (primary N) is 2. The lowest BCUT2D eigenvalue weighted by molar-refractivity contribution is -0.384. The number of hydrogen-bond donors (Lipinski definition) is 2. The Hall–Kier alpha value is -3.22. The number of non-ortho nitro benzene ring substituents is 1. The minimum absolute atomic E-state index is 0.110. The van der Waals surface area contributed by atoms with Gasteiger partial charge in [-0.3, -0.25) is 10.1 Å². The van der Waals surface area contributed by atoms with Gasteiger partial charge in [-0.15, -0.1) is 0 Å². The lowest BCUT2D eigenvalue weighted by Gasteiger charge is -2.05. The van der Waals surface area contributed by atoms with Gasteiger partial charge in [0.2, 0.25) is 0 Å². The molecule has 21 heavy (non-hydrogen) atoms. The third kappa shape index (κ3) is 3.63. The first kappa shape index (κ1) is 14.2. The lowest BCUT2D eigenvalue weighted by atomic mass is 10.2. The molecule has 0 aliphatic rings. The van der Waals surface area contributed by atoms with E-state index in [0.29, 0.717) is 11.4 Å². The number of para-hydroxylation sites is 2. The largest absolute Gasteiger partial charge is 0.460 e. The van der Waals surface area contributed by atoms with E-state index in [-0.39, 0.29) is 17.1 Å². The SMILES string of the molecule is Nc1ccccc1OC=COc1cc([N+](=O)[O-])ccc1N. The van der Waals surface area contributed by atoms with E-state index in [0.717, 1.165) is 0 Å². The van der Waals surface area contributed by atoms with Crippen LogP contribution in [0.3, 0.4) is 0 Å². The molecular formula is C14H13N3O4. The number of nitro benzene ring substituents is 1. The van der Waals surface area contributed by atoms with Crippen molar-refractivity contribution in [3.05, 3.63) is 65.1 Å². The summed E-state index contributed by atoms with van der Waals surface area (Å²) in [4.78, 5) is 10.1. The normalized spacial score (nSPS) is 10.5. The summed E-state index contributed by atoms with van der Waals surface area (Å²) < 4.78 is 10.5. The number of hydrogen-bond acceptors (Lipinski definition) is 6. The molecule has 0 unspecified atom stereocenters. The van der Waals surface area contributed by atoms with Gasteiger partial charge in [-0.05, 0) is 18.2 Å². The number of nitrogens with zero attached hydrogens (tertiary/aromatic N) is 1. The molecule has 2 rings (SSSR count). The molecule has 0 bridgehead atoms. The second-order valence-electron chi connectivity index (χ2n) is 4.02. The summed E-state index contributed by atoms with van der Waals surface area (Å²) in [6.07, 6.45) is 2.49. The number of benzene rings is 2. The first-order valence-corrected chi connectivity index (χ1v) is 5.94. The van der Waals surface area contributed by atoms with Gasteiger partial charge in [-0.1, -0.05) is 12.1 Å². The number of nitro groups is 1. The van der Waals surface area contributed by atoms with Crippen LogP contribution in [-0.2, 0) is 0 Å². The van der Waals surface area contributed by atoms with Gasteiger partial charge in [0.15, 0.2) is 5.75 Å². The van der Waals surface area contributed by atoms with Crippen molar-refractivity contribution in [3.63, 3.8) is 0 Å². The summed E-state index contributed by atoms with van der Waals surface area (Å²) >= 11 is 0. The fourth-order valence-electron chi connectivity index (χ4n) is 1.53. The lowest BCUT2D eigenvalue weighted by Crippen LogP contribution is -1.95. The summed E-state index contributed by atoms with van der Waals surface area (Å²) in [5, 5.41) is 10.7. The van der Waals surface area contributed by atoms with E-state index in [4.69, 9.17) is 20.9 Å². The first-order chi connectivity index (χ1) is 10.1. The average molecular weight is 287 g/mol. The molecule has 7 heteroatoms. The smallest absolute Gasteiger partial charge is 0.273 e. The van der Waals surface area contributed by atoms with Crippen molar-refractivity contribution in [2.45, 2.75) is 0 Å². The minimum atomic E-state index is -0.531. The van der Waals surface area contributed by atoms with Crippen LogP contribution in [0.4, 0.5) is 17.1 Å². The van der Waals surface area contributed by atoms with Crippen molar-refractivity contribution >= 4 is 17.1 Å². The molecule has 0 aliphatic carbocycles. The van der Waals surface area contributed by atoms with Gasteiger partial charge < -0.3 is 20.9 Å². The third-order valence-electron chi connectivity index (χ3n) is 2.57. The zero-order chi connectivity index (χ0) is 15.2. The molecule has 0 amide bonds. The molecular weight excluding hydrogens is 274 g/mol. The molecule has 0 saturated carbocycles. The second kappa shape index (κ2) is 6.29. The molecule has 0 atom stereocenters. The van der Waals surface area contributed by atoms with E-state index >= 15 is 0 Å². The predicted octanol–water partition coefficient (Wildman–Crippen LogP) is 2.69. The molecule has 7 nitrogen and oxygen atoms in total. The summed E-state index contributed by atoms with van der Waals surface area (Å²) in [6, 6.07) is 10.9. The summed E-state index contributed by atoms with van der Waals surface area (Å²) in [5.74, 6) is 0.648. The number of nitrogen functional groups attached to an aromatic ring is 2. The van der Waals surface area contributed by atoms with Crippen LogP contribution in [0.25, 0.3) is 0 Å². The van der Waals surface area contributed by atoms with Crippen molar-refractivity contribution in [2.75, 3.05) is 11.5 Å². The third-order valence-corrected chi connectivity index (χ3v) is 2.57. The van der Waals surface area contributed by atoms with Gasteiger partial charge in [0.1, 0.15) is 18.3 Å². The van der Waals surface area contributed by atoms with E-state index < -0.39 is 4.92 Å². The highest BCUT2D eigenvalue weighted by Crippen LogP contribution is 2.27. The molecule has 0 saturated heterocycles. The maximum atomic E-state index is 10.7. The highest BCUT2D eigenvalue weighted by Gasteiger charge is 2.09. The van der Waals surface area contributed by atoms with E-state index in [1.54, 1.807) is 24.3 Å². The van der Waals surface area contributed by atoms with Gasteiger partial charge >= 0.3 is 0 Å². The molecule has 0 fully saturated rings. The molecule has 2 aromatic carbocycles. The van der Waals surface area contributed by atoms with Crippen LogP contribution >= 0.6 is 0 Å². The predicted molar refractivity (Wildman–Crippen MR) is 78.8 cm³/mol. The molecule has 0 aliphatic heterocycles. The number of ether oxygens (including phenoxy) is 2. The molecule has 2 aromatic rings. The monoisotopic (exact) mass is 287 g/mol. The molecule has 0 spiro atoms. The molecule has 0 radical (unpaired) electrons. The van der Waals surface area contributed by atoms with Gasteiger partial charge in [0.25, 0.3) is 5.69 Å². The van der Waals surface area contributed by atoms with Gasteiger partial charge in [0.05, 0.1) is 22.4 Å². The van der Waals surface area contributed by atoms with Crippen LogP contribution in [0, 0.1) is 10.1 Å². The van der Waals surface area contributed by atoms with Crippen LogP contribution in [0.5, 0.6) is 11.5 Å². The Morgan fingerprint density at radius 1 is 0.952 bits per heavy atom. The Balaban J connectivity index is 2.03. The van der Waals surface area contributed by atoms with Crippen LogP contribution in [0.2, 0.25) is 0 Å². The second-order valence-corrected chi connectivity index (χ2v) is 4.02. The van der Waals surface area contributed by atoms with E-state index in [1.807, 2.05) is 0 Å². The van der Waals surface area contributed by atoms with Crippen molar-refractivity contribution in [2.24, 2.45) is 0 Å². The maximum absolute atomic E-state index is 10.7. The Labute approximate surface area is 120 Å². The Bertz CT molecular complexity index is 686. The van der Waals surface area contributed by atoms with Crippen molar-refractivity contribution in [1.29, 1.82) is 0 Å². The molecule has 108 valence electrons. The van der Waals surface area contributed by atoms with Crippen molar-refractivity contribution in [1.82, 2.24) is 0 Å². The minimum Gasteiger partial charge on any atom is -0.460 e. The van der Waals surface area contributed by atoms with E-state index in [1.165, 1.54) is 30.7 Å². The summed E-state index contributed by atoms with van der Waals surface area (Å²) in [5.41, 5.74) is 12.0. The van der Waals surface area contributed by atoms with Crippen LogP contribution < -0.4 is 20.9 Å². The standard InChI is InChI=1S/C14H13N3O4/c15-11-3-1-2-4-13(11)20-7-8-21-14-9-10(17(18)19)5-6-12(14)16/h1-9H,15-16H2. The molecule has 4 N–H and O–H groups in total. The highest BCUT2D eigenvalue weighted by molar-refractivity contribution is 5.57. The zero-order valence-electron chi connectivity index (χ0n) is 10.9. The molecule has 0 aromatic heterocycles. The quantitative estimate of drug-likeness (QED) is 0.378. The Morgan fingerprint density at radius 3 is 2.24 bits per heavy atom. The summed E-state index contributed by atoms with van der Waals surface area (Å²) in [7, 11) is 0. The van der Waals surface area contributed by atoms with Crippen LogP contribution in [0.15, 0.2) is 55.0 Å². The maximum Gasteiger partial charge on any atom is 0.273 e. The van der Waals surface area contributed by atoms with E-state index in [9.17, 15) is 10.1 Å². The summed E-state index contributed by atoms with van der Waals surface area (Å²) in [6.45, 7) is 0. The topological polar surface area (TPSA) is 114 Å². The Morgan fingerprint density at radius 2 is 1.57 bits per heavy atom. The highest BCUT2D eigenvalue weighted by atomic mass is 16.6. The average Bonchev–Trinajstić information content (AvgIpc) is 2.46. The zero-order valence-corrected chi connectivity index (χ0v) is 10.9. The van der Waals surface area contributed by atoms with E-state index in [2.05, 4.69) is 0 Å². The first-order valence-electron chi connectivity index (χ1n) is 5.94. The van der Waals surface area contributed by atoms with Gasteiger partial charge in [0, 0.05) is 6.07 Å². The molecule has 0 heterocycles. The van der Waals surface area contributed by atoms with Crippen LogP contribution in [-0.4, -0.2) is 4.92 Å². The Kier molecular flexibility index (Phi) is 4.25. The van der Waals surface area contributed by atoms with Gasteiger partial charge in [-0.2, -0.15) is 0 Å². The van der Waals surface area contributed by atoms with Crippen molar-refractivity contribution in [3.8, 4) is 11.5 Å².